The fourth-order valence-electron chi connectivity index (χ4n) is 3.28. The van der Waals surface area contributed by atoms with E-state index in [0.29, 0.717) is 18.4 Å². The minimum atomic E-state index is -2.56. The molecule has 2 nitrogen and oxygen atoms in total. The summed E-state index contributed by atoms with van der Waals surface area (Å²) in [5.41, 5.74) is 0. The van der Waals surface area contributed by atoms with Crippen molar-refractivity contribution in [1.82, 2.24) is 4.90 Å². The number of aliphatic hydroxyl groups excluding tert-OH is 1. The second-order valence-electron chi connectivity index (χ2n) is 5.86. The zero-order valence-electron chi connectivity index (χ0n) is 10.5. The Morgan fingerprint density at radius 2 is 1.94 bits per heavy atom. The first-order valence-electron chi connectivity index (χ1n) is 6.70. The highest BCUT2D eigenvalue weighted by atomic mass is 19.3. The third-order valence-corrected chi connectivity index (χ3v) is 4.22. The maximum atomic E-state index is 12.9. The lowest BCUT2D eigenvalue weighted by Gasteiger charge is -2.33. The van der Waals surface area contributed by atoms with E-state index in [0.717, 1.165) is 45.2 Å². The number of nitrogens with zero attached hydrogens (tertiary/aromatic N) is 1. The molecule has 0 amide bonds. The highest BCUT2D eigenvalue weighted by Crippen LogP contribution is 2.49. The largest absolute Gasteiger partial charge is 0.396 e. The number of likely N-dealkylation sites (tertiary alicyclic amines) is 1. The Morgan fingerprint density at radius 3 is 2.47 bits per heavy atom. The van der Waals surface area contributed by atoms with E-state index in [9.17, 15) is 8.78 Å². The zero-order valence-corrected chi connectivity index (χ0v) is 10.5. The Morgan fingerprint density at radius 1 is 1.29 bits per heavy atom. The molecule has 0 aromatic heterocycles. The molecule has 2 fully saturated rings. The molecule has 0 spiro atoms. The third-order valence-electron chi connectivity index (χ3n) is 4.22. The quantitative estimate of drug-likeness (QED) is 0.806. The normalized spacial score (nSPS) is 31.8. The van der Waals surface area contributed by atoms with Crippen LogP contribution in [0.2, 0.25) is 0 Å². The van der Waals surface area contributed by atoms with Gasteiger partial charge in [0.05, 0.1) is 6.54 Å². The minimum absolute atomic E-state index is 0.0928. The Labute approximate surface area is 102 Å². The Bertz CT molecular complexity index is 246. The number of rotatable bonds is 5. The molecule has 2 rings (SSSR count). The van der Waals surface area contributed by atoms with E-state index >= 15 is 0 Å². The fourth-order valence-corrected chi connectivity index (χ4v) is 3.28. The average Bonchev–Trinajstić information content (AvgIpc) is 2.96. The number of hydrogen-bond acceptors (Lipinski definition) is 2. The van der Waals surface area contributed by atoms with Crippen LogP contribution in [0.4, 0.5) is 8.78 Å². The third kappa shape index (κ3) is 3.88. The summed E-state index contributed by atoms with van der Waals surface area (Å²) in [4.78, 5) is 1.89. The molecule has 1 aliphatic heterocycles. The molecule has 1 saturated carbocycles. The molecule has 0 radical (unpaired) electrons. The van der Waals surface area contributed by atoms with Crippen molar-refractivity contribution in [2.75, 3.05) is 26.2 Å². The second-order valence-corrected chi connectivity index (χ2v) is 5.86. The molecule has 4 heteroatoms. The predicted molar refractivity (Wildman–Crippen MR) is 63.1 cm³/mol. The summed E-state index contributed by atoms with van der Waals surface area (Å²) in [5, 5.41) is 8.87. The molecule has 0 bridgehead atoms. The lowest BCUT2D eigenvalue weighted by atomic mass is 9.90. The number of piperidine rings is 1. The summed E-state index contributed by atoms with van der Waals surface area (Å²) < 4.78 is 25.7. The summed E-state index contributed by atoms with van der Waals surface area (Å²) in [7, 11) is 0. The molecule has 1 saturated heterocycles. The van der Waals surface area contributed by atoms with Gasteiger partial charge in [0.1, 0.15) is 0 Å². The first kappa shape index (κ1) is 13.2. The molecule has 0 aromatic rings. The molecular formula is C13H23F2NO. The maximum Gasteiger partial charge on any atom is 0.257 e. The van der Waals surface area contributed by atoms with Gasteiger partial charge in [-0.3, -0.25) is 4.90 Å². The molecule has 2 unspecified atom stereocenters. The van der Waals surface area contributed by atoms with Gasteiger partial charge < -0.3 is 5.11 Å². The van der Waals surface area contributed by atoms with Gasteiger partial charge in [-0.25, -0.2) is 8.78 Å². The number of halogens is 2. The van der Waals surface area contributed by atoms with Crippen molar-refractivity contribution < 1.29 is 13.9 Å². The SMILES string of the molecule is CC(F)(F)CN1CCC(C2CC2CCO)CC1. The molecule has 100 valence electrons. The fraction of sp³-hybridized carbons (Fsp3) is 1.00. The zero-order chi connectivity index (χ0) is 12.5. The van der Waals surface area contributed by atoms with Crippen LogP contribution in [-0.2, 0) is 0 Å². The minimum Gasteiger partial charge on any atom is -0.396 e. The van der Waals surface area contributed by atoms with Crippen LogP contribution in [0.25, 0.3) is 0 Å². The van der Waals surface area contributed by atoms with Crippen LogP contribution < -0.4 is 0 Å². The smallest absolute Gasteiger partial charge is 0.257 e. The number of alkyl halides is 2. The number of hydrogen-bond donors (Lipinski definition) is 1. The lowest BCUT2D eigenvalue weighted by Crippen LogP contribution is -2.41. The predicted octanol–water partition coefficient (Wildman–Crippen LogP) is 2.37. The van der Waals surface area contributed by atoms with Gasteiger partial charge in [0.15, 0.2) is 0 Å². The molecule has 1 N–H and O–H groups in total. The van der Waals surface area contributed by atoms with E-state index in [4.69, 9.17) is 5.11 Å². The molecule has 2 atom stereocenters. The summed E-state index contributed by atoms with van der Waals surface area (Å²) in [6.07, 6.45) is 4.29. The Hall–Kier alpha value is -0.220. The van der Waals surface area contributed by atoms with Gasteiger partial charge in [-0.15, -0.1) is 0 Å². The van der Waals surface area contributed by atoms with E-state index in [1.165, 1.54) is 6.42 Å². The Balaban J connectivity index is 1.69. The van der Waals surface area contributed by atoms with E-state index in [1.54, 1.807) is 0 Å². The van der Waals surface area contributed by atoms with Crippen molar-refractivity contribution >= 4 is 0 Å². The summed E-state index contributed by atoms with van der Waals surface area (Å²) in [6, 6.07) is 0. The van der Waals surface area contributed by atoms with Gasteiger partial charge in [0.2, 0.25) is 0 Å². The van der Waals surface area contributed by atoms with Crippen LogP contribution in [0.1, 0.15) is 32.6 Å². The van der Waals surface area contributed by atoms with Crippen molar-refractivity contribution in [2.24, 2.45) is 17.8 Å². The van der Waals surface area contributed by atoms with Crippen molar-refractivity contribution in [3.63, 3.8) is 0 Å². The van der Waals surface area contributed by atoms with Crippen LogP contribution in [0.3, 0.4) is 0 Å². The summed E-state index contributed by atoms with van der Waals surface area (Å²) >= 11 is 0. The molecule has 0 aromatic carbocycles. The molecular weight excluding hydrogens is 224 g/mol. The monoisotopic (exact) mass is 247 g/mol. The molecule has 1 heterocycles. The number of aliphatic hydroxyl groups is 1. The summed E-state index contributed by atoms with van der Waals surface area (Å²) in [5.74, 6) is -0.366. The van der Waals surface area contributed by atoms with Crippen LogP contribution in [-0.4, -0.2) is 42.2 Å². The molecule has 1 aliphatic carbocycles. The van der Waals surface area contributed by atoms with Gasteiger partial charge in [-0.2, -0.15) is 0 Å². The standard InChI is InChI=1S/C13H23F2NO/c1-13(14,15)9-16-5-2-10(3-6-16)12-8-11(12)4-7-17/h10-12,17H,2-9H2,1H3. The van der Waals surface area contributed by atoms with Gasteiger partial charge in [-0.1, -0.05) is 0 Å². The second kappa shape index (κ2) is 5.19. The van der Waals surface area contributed by atoms with Crippen LogP contribution >= 0.6 is 0 Å². The van der Waals surface area contributed by atoms with Crippen molar-refractivity contribution in [2.45, 2.75) is 38.5 Å². The topological polar surface area (TPSA) is 23.5 Å². The van der Waals surface area contributed by atoms with Crippen LogP contribution in [0, 0.1) is 17.8 Å². The lowest BCUT2D eigenvalue weighted by molar-refractivity contribution is -0.0232. The van der Waals surface area contributed by atoms with Crippen molar-refractivity contribution in [1.29, 1.82) is 0 Å². The van der Waals surface area contributed by atoms with Gasteiger partial charge in [0.25, 0.3) is 5.92 Å². The van der Waals surface area contributed by atoms with Gasteiger partial charge >= 0.3 is 0 Å². The van der Waals surface area contributed by atoms with E-state index in [1.807, 2.05) is 4.90 Å². The Kier molecular flexibility index (Phi) is 4.03. The highest BCUT2D eigenvalue weighted by Gasteiger charge is 2.43. The van der Waals surface area contributed by atoms with E-state index < -0.39 is 5.92 Å². The first-order chi connectivity index (χ1) is 7.99. The van der Waals surface area contributed by atoms with Crippen LogP contribution in [0.5, 0.6) is 0 Å². The van der Waals surface area contributed by atoms with Crippen molar-refractivity contribution in [3.8, 4) is 0 Å². The van der Waals surface area contributed by atoms with Crippen LogP contribution in [0.15, 0.2) is 0 Å². The highest BCUT2D eigenvalue weighted by molar-refractivity contribution is 4.93. The molecule has 2 aliphatic rings. The van der Waals surface area contributed by atoms with Gasteiger partial charge in [-0.05, 0) is 56.5 Å². The first-order valence-corrected chi connectivity index (χ1v) is 6.70. The maximum absolute atomic E-state index is 12.9. The van der Waals surface area contributed by atoms with E-state index in [2.05, 4.69) is 0 Å². The molecule has 17 heavy (non-hydrogen) atoms. The van der Waals surface area contributed by atoms with E-state index in [-0.39, 0.29) is 6.54 Å². The van der Waals surface area contributed by atoms with Crippen molar-refractivity contribution in [3.05, 3.63) is 0 Å². The average molecular weight is 247 g/mol. The van der Waals surface area contributed by atoms with Gasteiger partial charge in [0, 0.05) is 13.5 Å². The summed E-state index contributed by atoms with van der Waals surface area (Å²) in [6.45, 7) is 2.83.